The van der Waals surface area contributed by atoms with Crippen LogP contribution in [0, 0.1) is 5.82 Å². The Morgan fingerprint density at radius 1 is 1.11 bits per heavy atom. The van der Waals surface area contributed by atoms with Crippen molar-refractivity contribution < 1.29 is 28.2 Å². The van der Waals surface area contributed by atoms with Crippen molar-refractivity contribution in [3.63, 3.8) is 0 Å². The minimum absolute atomic E-state index is 0.0358. The van der Waals surface area contributed by atoms with Crippen molar-refractivity contribution in [1.29, 1.82) is 0 Å². The van der Waals surface area contributed by atoms with E-state index in [0.29, 0.717) is 25.9 Å². The number of methoxy groups -OCH3 is 1. The summed E-state index contributed by atoms with van der Waals surface area (Å²) in [4.78, 5) is 32.3. The molecule has 0 N–H and O–H groups in total. The molecule has 7 nitrogen and oxygen atoms in total. The van der Waals surface area contributed by atoms with Gasteiger partial charge in [0, 0.05) is 49.7 Å². The van der Waals surface area contributed by atoms with Crippen LogP contribution in [0.3, 0.4) is 0 Å². The van der Waals surface area contributed by atoms with Crippen molar-refractivity contribution in [3.05, 3.63) is 82.8 Å². The quantitative estimate of drug-likeness (QED) is 0.275. The number of carbonyl (C=O) groups is 2. The van der Waals surface area contributed by atoms with E-state index in [9.17, 15) is 14.0 Å². The fourth-order valence-electron chi connectivity index (χ4n) is 6.24. The van der Waals surface area contributed by atoms with E-state index in [1.807, 2.05) is 50.3 Å². The van der Waals surface area contributed by atoms with Crippen molar-refractivity contribution >= 4 is 17.8 Å². The van der Waals surface area contributed by atoms with Crippen LogP contribution < -0.4 is 0 Å². The summed E-state index contributed by atoms with van der Waals surface area (Å²) < 4.78 is 31.7. The molecule has 44 heavy (non-hydrogen) atoms. The van der Waals surface area contributed by atoms with Gasteiger partial charge in [0.05, 0.1) is 23.6 Å². The maximum absolute atomic E-state index is 14.2. The topological polar surface area (TPSA) is 78.0 Å². The third-order valence-corrected chi connectivity index (χ3v) is 8.02. The molecule has 1 fully saturated rings. The van der Waals surface area contributed by atoms with Crippen LogP contribution in [0.2, 0.25) is 0 Å². The minimum Gasteiger partial charge on any atom is -0.375 e. The molecule has 2 aliphatic rings. The number of nitrogens with zero attached hydrogens (tertiary/aromatic N) is 2. The van der Waals surface area contributed by atoms with Gasteiger partial charge in [0.1, 0.15) is 18.2 Å². The summed E-state index contributed by atoms with van der Waals surface area (Å²) in [5, 5.41) is 0. The number of aromatic nitrogens is 1. The Morgan fingerprint density at radius 2 is 1.84 bits per heavy atom. The SMILES string of the molecule is COCC(=O)N1Cc2ccccc2-c2nc(C(C)C)c(/C=C/[C@@H]3C[C@H](CC(C)=O)OC(C)(C)O3)c(-c3ccc(F)cc3)c2C1. The van der Waals surface area contributed by atoms with Crippen LogP contribution in [-0.2, 0) is 36.9 Å². The summed E-state index contributed by atoms with van der Waals surface area (Å²) in [7, 11) is 1.52. The van der Waals surface area contributed by atoms with Gasteiger partial charge in [-0.3, -0.25) is 14.6 Å². The van der Waals surface area contributed by atoms with Crippen LogP contribution in [0.15, 0.2) is 54.6 Å². The molecule has 0 saturated carbocycles. The van der Waals surface area contributed by atoms with E-state index in [1.165, 1.54) is 19.2 Å². The molecule has 0 bridgehead atoms. The van der Waals surface area contributed by atoms with Crippen LogP contribution in [0.4, 0.5) is 4.39 Å². The third kappa shape index (κ3) is 6.98. The second-order valence-electron chi connectivity index (χ2n) is 12.4. The standard InChI is InChI=1S/C36H41FN2O5/c1-22(2)34-30(16-15-27-18-28(17-23(3)40)44-36(4,5)43-27)33(24-11-13-26(37)14-12-24)31-20-39(32(41)21-42-6)19-25-9-7-8-10-29(25)35(31)38-34/h7-16,22,27-28H,17-21H2,1-6H3/b16-15+/t27-,28+/m1/s1. The lowest BCUT2D eigenvalue weighted by Gasteiger charge is -2.39. The number of fused-ring (bicyclic) bond motifs is 3. The molecule has 1 saturated heterocycles. The Labute approximate surface area is 259 Å². The molecule has 8 heteroatoms. The number of hydrogen-bond donors (Lipinski definition) is 0. The zero-order chi connectivity index (χ0) is 31.6. The second kappa shape index (κ2) is 13.1. The van der Waals surface area contributed by atoms with E-state index in [4.69, 9.17) is 19.2 Å². The van der Waals surface area contributed by atoms with Crippen molar-refractivity contribution in [1.82, 2.24) is 9.88 Å². The molecule has 1 amide bonds. The number of amides is 1. The highest BCUT2D eigenvalue weighted by molar-refractivity contribution is 5.87. The number of carbonyl (C=O) groups excluding carboxylic acids is 2. The highest BCUT2D eigenvalue weighted by Crippen LogP contribution is 2.42. The molecule has 5 rings (SSSR count). The first kappa shape index (κ1) is 31.7. The number of Topliss-reactive ketones (excluding diaryl/α,β-unsaturated/α-hetero) is 1. The number of halogens is 1. The first-order valence-corrected chi connectivity index (χ1v) is 15.2. The molecule has 2 aromatic carbocycles. The number of ether oxygens (including phenoxy) is 3. The Bertz CT molecular complexity index is 1560. The van der Waals surface area contributed by atoms with E-state index in [-0.39, 0.29) is 42.2 Å². The van der Waals surface area contributed by atoms with Gasteiger partial charge in [-0.2, -0.15) is 0 Å². The van der Waals surface area contributed by atoms with Gasteiger partial charge in [0.15, 0.2) is 5.79 Å². The molecule has 2 aliphatic heterocycles. The fraction of sp³-hybridized carbons (Fsp3) is 0.417. The van der Waals surface area contributed by atoms with E-state index in [1.54, 1.807) is 24.0 Å². The predicted molar refractivity (Wildman–Crippen MR) is 168 cm³/mol. The first-order valence-electron chi connectivity index (χ1n) is 15.2. The van der Waals surface area contributed by atoms with Crippen LogP contribution in [-0.4, -0.2) is 53.3 Å². The monoisotopic (exact) mass is 600 g/mol. The summed E-state index contributed by atoms with van der Waals surface area (Å²) in [5.41, 5.74) is 7.17. The van der Waals surface area contributed by atoms with E-state index in [0.717, 1.165) is 44.8 Å². The average molecular weight is 601 g/mol. The summed E-state index contributed by atoms with van der Waals surface area (Å²) in [6.45, 7) is 10.2. The molecule has 232 valence electrons. The Kier molecular flexibility index (Phi) is 9.44. The van der Waals surface area contributed by atoms with Crippen LogP contribution in [0.25, 0.3) is 28.5 Å². The smallest absolute Gasteiger partial charge is 0.249 e. The van der Waals surface area contributed by atoms with E-state index < -0.39 is 5.79 Å². The Hall–Kier alpha value is -3.72. The van der Waals surface area contributed by atoms with Crippen molar-refractivity contribution in [2.24, 2.45) is 0 Å². The maximum atomic E-state index is 14.2. The first-order chi connectivity index (χ1) is 21.0. The molecule has 0 aliphatic carbocycles. The maximum Gasteiger partial charge on any atom is 0.249 e. The zero-order valence-corrected chi connectivity index (χ0v) is 26.4. The fourth-order valence-corrected chi connectivity index (χ4v) is 6.24. The van der Waals surface area contributed by atoms with Gasteiger partial charge < -0.3 is 19.1 Å². The Balaban J connectivity index is 1.73. The van der Waals surface area contributed by atoms with Gasteiger partial charge in [-0.1, -0.05) is 62.4 Å². The van der Waals surface area contributed by atoms with Crippen LogP contribution in [0.5, 0.6) is 0 Å². The summed E-state index contributed by atoms with van der Waals surface area (Å²) in [6, 6.07) is 14.5. The van der Waals surface area contributed by atoms with Crippen molar-refractivity contribution in [3.8, 4) is 22.4 Å². The van der Waals surface area contributed by atoms with Gasteiger partial charge >= 0.3 is 0 Å². The van der Waals surface area contributed by atoms with Crippen LogP contribution in [0.1, 0.15) is 75.8 Å². The minimum atomic E-state index is -0.855. The van der Waals surface area contributed by atoms with Gasteiger partial charge in [-0.15, -0.1) is 0 Å². The molecule has 0 spiro atoms. The number of ketones is 1. The van der Waals surface area contributed by atoms with Gasteiger partial charge in [-0.05, 0) is 55.5 Å². The number of rotatable bonds is 8. The molecule has 3 heterocycles. The molecular weight excluding hydrogens is 559 g/mol. The molecule has 0 radical (unpaired) electrons. The van der Waals surface area contributed by atoms with Gasteiger partial charge in [0.25, 0.3) is 0 Å². The lowest BCUT2D eigenvalue weighted by molar-refractivity contribution is -0.289. The van der Waals surface area contributed by atoms with Crippen molar-refractivity contribution in [2.45, 2.75) is 84.5 Å². The van der Waals surface area contributed by atoms with Crippen molar-refractivity contribution in [2.75, 3.05) is 13.7 Å². The third-order valence-electron chi connectivity index (χ3n) is 8.02. The number of hydrogen-bond acceptors (Lipinski definition) is 6. The van der Waals surface area contributed by atoms with E-state index in [2.05, 4.69) is 13.8 Å². The molecular formula is C36H41FN2O5. The van der Waals surface area contributed by atoms with Gasteiger partial charge in [0.2, 0.25) is 5.91 Å². The molecule has 1 aromatic heterocycles. The molecule has 2 atom stereocenters. The zero-order valence-electron chi connectivity index (χ0n) is 26.4. The Morgan fingerprint density at radius 3 is 2.52 bits per heavy atom. The van der Waals surface area contributed by atoms with E-state index >= 15 is 0 Å². The summed E-state index contributed by atoms with van der Waals surface area (Å²) in [5.74, 6) is -1.19. The number of benzene rings is 2. The predicted octanol–water partition coefficient (Wildman–Crippen LogP) is 7.07. The average Bonchev–Trinajstić information content (AvgIpc) is 3.12. The summed E-state index contributed by atoms with van der Waals surface area (Å²) in [6.07, 6.45) is 4.35. The molecule has 0 unspecified atom stereocenters. The van der Waals surface area contributed by atoms with Crippen LogP contribution >= 0.6 is 0 Å². The lowest BCUT2D eigenvalue weighted by Crippen LogP contribution is -2.44. The largest absolute Gasteiger partial charge is 0.375 e. The van der Waals surface area contributed by atoms with Gasteiger partial charge in [-0.25, -0.2) is 4.39 Å². The molecule has 3 aromatic rings. The second-order valence-corrected chi connectivity index (χ2v) is 12.4. The normalized spacial score (nSPS) is 19.5. The highest BCUT2D eigenvalue weighted by atomic mass is 19.1. The number of pyridine rings is 1. The highest BCUT2D eigenvalue weighted by Gasteiger charge is 2.35. The lowest BCUT2D eigenvalue weighted by atomic mass is 9.87. The summed E-state index contributed by atoms with van der Waals surface area (Å²) >= 11 is 0.